The first-order valence-electron chi connectivity index (χ1n) is 7.04. The van der Waals surface area contributed by atoms with Gasteiger partial charge in [0.1, 0.15) is 5.82 Å². The van der Waals surface area contributed by atoms with Gasteiger partial charge in [-0.15, -0.1) is 0 Å². The molecular weight excluding hydrogens is 255 g/mol. The van der Waals surface area contributed by atoms with E-state index < -0.39 is 0 Å². The van der Waals surface area contributed by atoms with Crippen LogP contribution in [-0.2, 0) is 11.3 Å². The second kappa shape index (κ2) is 7.39. The predicted octanol–water partition coefficient (Wildman–Crippen LogP) is 1.75. The third-order valence-electron chi connectivity index (χ3n) is 3.44. The Hall–Kier alpha value is -1.41. The Morgan fingerprint density at radius 2 is 2.35 bits per heavy atom. The van der Waals surface area contributed by atoms with Gasteiger partial charge in [0.15, 0.2) is 0 Å². The molecule has 1 fully saturated rings. The SMILES string of the molecule is CCC1CN(Cc2ccc(F)c(C#CCN)c2)CCO1. The normalized spacial score (nSPS) is 19.4. The van der Waals surface area contributed by atoms with Crippen LogP contribution in [0.4, 0.5) is 4.39 Å². The Labute approximate surface area is 119 Å². The quantitative estimate of drug-likeness (QED) is 0.855. The monoisotopic (exact) mass is 276 g/mol. The molecule has 0 aromatic heterocycles. The summed E-state index contributed by atoms with van der Waals surface area (Å²) in [4.78, 5) is 2.34. The number of rotatable bonds is 3. The Kier molecular flexibility index (Phi) is 5.54. The molecule has 1 atom stereocenters. The molecule has 0 bridgehead atoms. The van der Waals surface area contributed by atoms with Gasteiger partial charge in [0.2, 0.25) is 0 Å². The van der Waals surface area contributed by atoms with Gasteiger partial charge >= 0.3 is 0 Å². The second-order valence-electron chi connectivity index (χ2n) is 4.96. The number of halogens is 1. The summed E-state index contributed by atoms with van der Waals surface area (Å²) in [6, 6.07) is 5.11. The molecule has 3 nitrogen and oxygen atoms in total. The highest BCUT2D eigenvalue weighted by atomic mass is 19.1. The molecule has 0 saturated carbocycles. The minimum Gasteiger partial charge on any atom is -0.376 e. The van der Waals surface area contributed by atoms with Gasteiger partial charge in [-0.2, -0.15) is 0 Å². The Morgan fingerprint density at radius 3 is 3.10 bits per heavy atom. The molecule has 4 heteroatoms. The fourth-order valence-electron chi connectivity index (χ4n) is 2.34. The van der Waals surface area contributed by atoms with Crippen molar-refractivity contribution in [3.05, 3.63) is 35.1 Å². The molecule has 108 valence electrons. The van der Waals surface area contributed by atoms with Crippen molar-refractivity contribution in [3.63, 3.8) is 0 Å². The molecule has 1 heterocycles. The molecule has 1 unspecified atom stereocenters. The van der Waals surface area contributed by atoms with Crippen LogP contribution in [0.25, 0.3) is 0 Å². The highest BCUT2D eigenvalue weighted by molar-refractivity contribution is 5.38. The average molecular weight is 276 g/mol. The lowest BCUT2D eigenvalue weighted by atomic mass is 10.1. The van der Waals surface area contributed by atoms with Crippen molar-refractivity contribution in [2.24, 2.45) is 5.73 Å². The van der Waals surface area contributed by atoms with Gasteiger partial charge in [-0.25, -0.2) is 4.39 Å². The largest absolute Gasteiger partial charge is 0.376 e. The van der Waals surface area contributed by atoms with Crippen LogP contribution in [0.5, 0.6) is 0 Å². The van der Waals surface area contributed by atoms with E-state index in [2.05, 4.69) is 23.7 Å². The summed E-state index contributed by atoms with van der Waals surface area (Å²) < 4.78 is 19.3. The van der Waals surface area contributed by atoms with E-state index in [9.17, 15) is 4.39 Å². The third kappa shape index (κ3) is 4.04. The van der Waals surface area contributed by atoms with Gasteiger partial charge in [-0.05, 0) is 24.1 Å². The maximum atomic E-state index is 13.6. The van der Waals surface area contributed by atoms with Gasteiger partial charge in [0.25, 0.3) is 0 Å². The van der Waals surface area contributed by atoms with Crippen molar-refractivity contribution in [2.45, 2.75) is 26.0 Å². The molecule has 1 aliphatic heterocycles. The number of nitrogens with two attached hydrogens (primary N) is 1. The topological polar surface area (TPSA) is 38.5 Å². The minimum absolute atomic E-state index is 0.241. The summed E-state index contributed by atoms with van der Waals surface area (Å²) in [5.41, 5.74) is 6.82. The van der Waals surface area contributed by atoms with E-state index in [-0.39, 0.29) is 12.4 Å². The van der Waals surface area contributed by atoms with Gasteiger partial charge in [0.05, 0.1) is 24.8 Å². The molecule has 0 spiro atoms. The molecule has 0 amide bonds. The van der Waals surface area contributed by atoms with Crippen molar-refractivity contribution in [1.82, 2.24) is 4.90 Å². The molecule has 2 N–H and O–H groups in total. The van der Waals surface area contributed by atoms with Crippen LogP contribution in [0.1, 0.15) is 24.5 Å². The standard InChI is InChI=1S/C16H21FN2O/c1-2-15-12-19(8-9-20-15)11-13-5-6-16(17)14(10-13)4-3-7-18/h5-6,10,15H,2,7-9,11-12,18H2,1H3. The molecule has 1 aliphatic rings. The van der Waals surface area contributed by atoms with E-state index in [1.54, 1.807) is 0 Å². The highest BCUT2D eigenvalue weighted by Crippen LogP contribution is 2.15. The number of ether oxygens (including phenoxy) is 1. The summed E-state index contributed by atoms with van der Waals surface area (Å²) in [7, 11) is 0. The lowest BCUT2D eigenvalue weighted by molar-refractivity contribution is -0.0324. The van der Waals surface area contributed by atoms with Crippen LogP contribution in [0.2, 0.25) is 0 Å². The smallest absolute Gasteiger partial charge is 0.138 e. The first-order valence-corrected chi connectivity index (χ1v) is 7.04. The molecule has 1 aromatic rings. The zero-order chi connectivity index (χ0) is 14.4. The predicted molar refractivity (Wildman–Crippen MR) is 77.6 cm³/mol. The van der Waals surface area contributed by atoms with E-state index in [1.165, 1.54) is 6.07 Å². The summed E-state index contributed by atoms with van der Waals surface area (Å²) in [5.74, 6) is 5.18. The zero-order valence-corrected chi connectivity index (χ0v) is 11.9. The number of benzene rings is 1. The van der Waals surface area contributed by atoms with E-state index in [0.717, 1.165) is 38.2 Å². The average Bonchev–Trinajstić information content (AvgIpc) is 2.48. The van der Waals surface area contributed by atoms with Crippen molar-refractivity contribution in [3.8, 4) is 11.8 Å². The third-order valence-corrected chi connectivity index (χ3v) is 3.44. The molecule has 1 saturated heterocycles. The van der Waals surface area contributed by atoms with Crippen LogP contribution in [-0.4, -0.2) is 37.2 Å². The molecule has 2 rings (SSSR count). The van der Waals surface area contributed by atoms with Gasteiger partial charge in [-0.1, -0.05) is 24.8 Å². The maximum Gasteiger partial charge on any atom is 0.138 e. The maximum absolute atomic E-state index is 13.6. The molecule has 20 heavy (non-hydrogen) atoms. The van der Waals surface area contributed by atoms with E-state index in [4.69, 9.17) is 10.5 Å². The van der Waals surface area contributed by atoms with E-state index in [1.807, 2.05) is 12.1 Å². The minimum atomic E-state index is -0.289. The molecular formula is C16H21FN2O. The number of nitrogens with zero attached hydrogens (tertiary/aromatic N) is 1. The Bertz CT molecular complexity index is 507. The van der Waals surface area contributed by atoms with Crippen LogP contribution in [0, 0.1) is 17.7 Å². The number of morpholine rings is 1. The highest BCUT2D eigenvalue weighted by Gasteiger charge is 2.19. The Morgan fingerprint density at radius 1 is 1.50 bits per heavy atom. The Balaban J connectivity index is 2.05. The fourth-order valence-corrected chi connectivity index (χ4v) is 2.34. The van der Waals surface area contributed by atoms with Gasteiger partial charge in [-0.3, -0.25) is 4.90 Å². The van der Waals surface area contributed by atoms with Crippen molar-refractivity contribution < 1.29 is 9.13 Å². The first-order chi connectivity index (χ1) is 9.72. The van der Waals surface area contributed by atoms with E-state index in [0.29, 0.717) is 11.7 Å². The second-order valence-corrected chi connectivity index (χ2v) is 4.96. The van der Waals surface area contributed by atoms with Crippen molar-refractivity contribution >= 4 is 0 Å². The first kappa shape index (κ1) is 15.0. The summed E-state index contributed by atoms with van der Waals surface area (Å²) >= 11 is 0. The summed E-state index contributed by atoms with van der Waals surface area (Å²) in [6.45, 7) is 5.78. The van der Waals surface area contributed by atoms with Crippen LogP contribution in [0.15, 0.2) is 18.2 Å². The number of hydrogen-bond donors (Lipinski definition) is 1. The van der Waals surface area contributed by atoms with Crippen molar-refractivity contribution in [1.29, 1.82) is 0 Å². The van der Waals surface area contributed by atoms with Crippen LogP contribution in [0.3, 0.4) is 0 Å². The molecule has 0 radical (unpaired) electrons. The lowest BCUT2D eigenvalue weighted by Gasteiger charge is -2.32. The lowest BCUT2D eigenvalue weighted by Crippen LogP contribution is -2.41. The molecule has 0 aliphatic carbocycles. The van der Waals surface area contributed by atoms with Gasteiger partial charge in [0, 0.05) is 19.6 Å². The molecule has 1 aromatic carbocycles. The van der Waals surface area contributed by atoms with E-state index >= 15 is 0 Å². The van der Waals surface area contributed by atoms with Crippen LogP contribution < -0.4 is 5.73 Å². The van der Waals surface area contributed by atoms with Gasteiger partial charge < -0.3 is 10.5 Å². The van der Waals surface area contributed by atoms with Crippen molar-refractivity contribution in [2.75, 3.05) is 26.2 Å². The fraction of sp³-hybridized carbons (Fsp3) is 0.500. The number of hydrogen-bond acceptors (Lipinski definition) is 3. The van der Waals surface area contributed by atoms with Crippen LogP contribution >= 0.6 is 0 Å². The summed E-state index contributed by atoms with van der Waals surface area (Å²) in [5, 5.41) is 0. The summed E-state index contributed by atoms with van der Waals surface area (Å²) in [6.07, 6.45) is 1.33. The zero-order valence-electron chi connectivity index (χ0n) is 11.9.